The van der Waals surface area contributed by atoms with Gasteiger partial charge in [-0.25, -0.2) is 4.98 Å². The topological polar surface area (TPSA) is 75.3 Å². The number of piperidine rings is 1. The standard InChI is InChI=1S/C21H29N3O3S/c1-4-27-21(26)14-7-9-24(10-8-14)13(3)18-22-19(25)17-15-6-5-12(2)11-16(15)28-20(17)23-18/h12-14H,4-11H2,1-3H3,(H,22,23,25)/t12-,13+/m0/s1. The number of esters is 1. The van der Waals surface area contributed by atoms with Gasteiger partial charge in [0.15, 0.2) is 0 Å². The summed E-state index contributed by atoms with van der Waals surface area (Å²) >= 11 is 1.69. The highest BCUT2D eigenvalue weighted by molar-refractivity contribution is 7.18. The zero-order valence-corrected chi connectivity index (χ0v) is 17.7. The Morgan fingerprint density at radius 3 is 2.82 bits per heavy atom. The zero-order chi connectivity index (χ0) is 19.8. The highest BCUT2D eigenvalue weighted by atomic mass is 32.1. The van der Waals surface area contributed by atoms with Crippen LogP contribution >= 0.6 is 11.3 Å². The number of ether oxygens (including phenoxy) is 1. The van der Waals surface area contributed by atoms with Gasteiger partial charge in [0, 0.05) is 4.88 Å². The first-order valence-electron chi connectivity index (χ1n) is 10.4. The van der Waals surface area contributed by atoms with Crippen LogP contribution in [0.15, 0.2) is 4.79 Å². The van der Waals surface area contributed by atoms with Gasteiger partial charge < -0.3 is 9.72 Å². The Balaban J connectivity index is 1.53. The number of carbonyl (C=O) groups is 1. The Morgan fingerprint density at radius 1 is 1.36 bits per heavy atom. The van der Waals surface area contributed by atoms with E-state index in [9.17, 15) is 9.59 Å². The molecule has 3 heterocycles. The molecule has 2 aliphatic rings. The normalized spacial score (nSPS) is 22.2. The largest absolute Gasteiger partial charge is 0.466 e. The molecule has 0 unspecified atom stereocenters. The van der Waals surface area contributed by atoms with Gasteiger partial charge in [0.05, 0.1) is 24.0 Å². The van der Waals surface area contributed by atoms with Crippen LogP contribution in [0.3, 0.4) is 0 Å². The lowest BCUT2D eigenvalue weighted by molar-refractivity contribution is -0.149. The SMILES string of the molecule is CCOC(=O)C1CCN([C@H](C)c2nc3sc4c(c3c(=O)[nH]2)CC[C@H](C)C4)CC1. The van der Waals surface area contributed by atoms with Gasteiger partial charge in [0.1, 0.15) is 10.7 Å². The number of rotatable bonds is 4. The van der Waals surface area contributed by atoms with Crippen molar-refractivity contribution < 1.29 is 9.53 Å². The summed E-state index contributed by atoms with van der Waals surface area (Å²) < 4.78 is 5.16. The van der Waals surface area contributed by atoms with E-state index in [1.807, 2.05) is 6.92 Å². The second-order valence-electron chi connectivity index (χ2n) is 8.22. The zero-order valence-electron chi connectivity index (χ0n) is 16.9. The summed E-state index contributed by atoms with van der Waals surface area (Å²) in [5, 5.41) is 0.809. The summed E-state index contributed by atoms with van der Waals surface area (Å²) in [5.74, 6) is 1.32. The number of H-pyrrole nitrogens is 1. The van der Waals surface area contributed by atoms with E-state index >= 15 is 0 Å². The van der Waals surface area contributed by atoms with Crippen LogP contribution in [0.4, 0.5) is 0 Å². The third kappa shape index (κ3) is 3.62. The quantitative estimate of drug-likeness (QED) is 0.792. The number of thiophene rings is 1. The number of nitrogens with zero attached hydrogens (tertiary/aromatic N) is 2. The summed E-state index contributed by atoms with van der Waals surface area (Å²) in [5.41, 5.74) is 1.22. The van der Waals surface area contributed by atoms with Gasteiger partial charge in [-0.05, 0) is 70.5 Å². The van der Waals surface area contributed by atoms with Gasteiger partial charge in [0.25, 0.3) is 5.56 Å². The van der Waals surface area contributed by atoms with Crippen molar-refractivity contribution in [3.8, 4) is 0 Å². The van der Waals surface area contributed by atoms with Crippen molar-refractivity contribution >= 4 is 27.5 Å². The predicted molar refractivity (Wildman–Crippen MR) is 111 cm³/mol. The van der Waals surface area contributed by atoms with Crippen molar-refractivity contribution in [2.45, 2.75) is 58.9 Å². The second kappa shape index (κ2) is 7.95. The van der Waals surface area contributed by atoms with Crippen LogP contribution in [0.1, 0.15) is 62.3 Å². The Labute approximate surface area is 169 Å². The fourth-order valence-corrected chi connectivity index (χ4v) is 5.91. The van der Waals surface area contributed by atoms with Crippen LogP contribution < -0.4 is 5.56 Å². The van der Waals surface area contributed by atoms with E-state index in [1.165, 1.54) is 10.4 Å². The van der Waals surface area contributed by atoms with Crippen molar-refractivity contribution in [1.82, 2.24) is 14.9 Å². The third-order valence-corrected chi connectivity index (χ3v) is 7.42. The molecular formula is C21H29N3O3S. The van der Waals surface area contributed by atoms with Crippen LogP contribution in [0.2, 0.25) is 0 Å². The molecule has 2 atom stereocenters. The molecule has 1 fully saturated rings. The van der Waals surface area contributed by atoms with Gasteiger partial charge in [-0.15, -0.1) is 11.3 Å². The maximum Gasteiger partial charge on any atom is 0.309 e. The minimum Gasteiger partial charge on any atom is -0.466 e. The Bertz CT molecular complexity index is 927. The van der Waals surface area contributed by atoms with Crippen molar-refractivity contribution in [3.63, 3.8) is 0 Å². The van der Waals surface area contributed by atoms with E-state index < -0.39 is 0 Å². The van der Waals surface area contributed by atoms with Gasteiger partial charge in [-0.1, -0.05) is 6.92 Å². The lowest BCUT2D eigenvalue weighted by atomic mass is 9.89. The molecule has 6 nitrogen and oxygen atoms in total. The molecule has 2 aromatic heterocycles. The highest BCUT2D eigenvalue weighted by Crippen LogP contribution is 2.36. The lowest BCUT2D eigenvalue weighted by Gasteiger charge is -2.34. The highest BCUT2D eigenvalue weighted by Gasteiger charge is 2.30. The molecule has 0 bridgehead atoms. The molecule has 0 amide bonds. The summed E-state index contributed by atoms with van der Waals surface area (Å²) in [4.78, 5) is 37.2. The molecule has 0 radical (unpaired) electrons. The number of aryl methyl sites for hydroxylation is 1. The van der Waals surface area contributed by atoms with Gasteiger partial charge in [0.2, 0.25) is 0 Å². The van der Waals surface area contributed by atoms with Crippen molar-refractivity contribution in [2.75, 3.05) is 19.7 Å². The molecule has 0 spiro atoms. The van der Waals surface area contributed by atoms with E-state index in [4.69, 9.17) is 9.72 Å². The van der Waals surface area contributed by atoms with E-state index in [2.05, 4.69) is 23.7 Å². The number of hydrogen-bond acceptors (Lipinski definition) is 6. The number of likely N-dealkylation sites (tertiary alicyclic amines) is 1. The predicted octanol–water partition coefficient (Wildman–Crippen LogP) is 3.45. The summed E-state index contributed by atoms with van der Waals surface area (Å²) in [6, 6.07) is 0.0262. The number of aromatic nitrogens is 2. The first kappa shape index (κ1) is 19.6. The maximum atomic E-state index is 12.8. The van der Waals surface area contributed by atoms with Crippen molar-refractivity contribution in [1.29, 1.82) is 0 Å². The maximum absolute atomic E-state index is 12.8. The Hall–Kier alpha value is -1.73. The smallest absolute Gasteiger partial charge is 0.309 e. The molecule has 1 aliphatic carbocycles. The van der Waals surface area contributed by atoms with Crippen molar-refractivity contribution in [2.24, 2.45) is 11.8 Å². The second-order valence-corrected chi connectivity index (χ2v) is 9.30. The van der Waals surface area contributed by atoms with Gasteiger partial charge >= 0.3 is 5.97 Å². The number of aromatic amines is 1. The van der Waals surface area contributed by atoms with Crippen LogP contribution in [0.25, 0.3) is 10.2 Å². The van der Waals surface area contributed by atoms with Gasteiger partial charge in [-0.2, -0.15) is 0 Å². The van der Waals surface area contributed by atoms with Crippen LogP contribution in [-0.2, 0) is 22.4 Å². The molecule has 2 aromatic rings. The fraction of sp³-hybridized carbons (Fsp3) is 0.667. The molecule has 1 saturated heterocycles. The fourth-order valence-electron chi connectivity index (χ4n) is 4.52. The van der Waals surface area contributed by atoms with Crippen LogP contribution in [0, 0.1) is 11.8 Å². The summed E-state index contributed by atoms with van der Waals surface area (Å²) in [6.45, 7) is 8.26. The van der Waals surface area contributed by atoms with E-state index in [1.54, 1.807) is 11.3 Å². The average Bonchev–Trinajstić information content (AvgIpc) is 3.05. The molecule has 7 heteroatoms. The number of hydrogen-bond donors (Lipinski definition) is 1. The van der Waals surface area contributed by atoms with Crippen molar-refractivity contribution in [3.05, 3.63) is 26.6 Å². The Morgan fingerprint density at radius 2 is 2.11 bits per heavy atom. The van der Waals surface area contributed by atoms with E-state index in [-0.39, 0.29) is 23.5 Å². The minimum absolute atomic E-state index is 0.000289. The summed E-state index contributed by atoms with van der Waals surface area (Å²) in [6.07, 6.45) is 4.77. The third-order valence-electron chi connectivity index (χ3n) is 6.28. The van der Waals surface area contributed by atoms with E-state index in [0.717, 1.165) is 61.2 Å². The number of fused-ring (bicyclic) bond motifs is 3. The number of nitrogens with one attached hydrogen (secondary N) is 1. The number of carbonyl (C=O) groups excluding carboxylic acids is 1. The molecule has 1 N–H and O–H groups in total. The van der Waals surface area contributed by atoms with Crippen LogP contribution in [0.5, 0.6) is 0 Å². The first-order valence-corrected chi connectivity index (χ1v) is 11.2. The monoisotopic (exact) mass is 403 g/mol. The molecule has 0 saturated carbocycles. The van der Waals surface area contributed by atoms with Crippen LogP contribution in [-0.4, -0.2) is 40.5 Å². The first-order chi connectivity index (χ1) is 13.5. The molecule has 0 aromatic carbocycles. The average molecular weight is 404 g/mol. The lowest BCUT2D eigenvalue weighted by Crippen LogP contribution is -2.39. The molecule has 28 heavy (non-hydrogen) atoms. The molecule has 4 rings (SSSR count). The van der Waals surface area contributed by atoms with Gasteiger partial charge in [-0.3, -0.25) is 14.5 Å². The van der Waals surface area contributed by atoms with E-state index in [0.29, 0.717) is 12.5 Å². The molecule has 152 valence electrons. The Kier molecular flexibility index (Phi) is 5.56. The summed E-state index contributed by atoms with van der Waals surface area (Å²) in [7, 11) is 0. The molecule has 1 aliphatic heterocycles. The molecular weight excluding hydrogens is 374 g/mol. The minimum atomic E-state index is -0.0823.